The van der Waals surface area contributed by atoms with Crippen LogP contribution in [0.3, 0.4) is 0 Å². The van der Waals surface area contributed by atoms with Crippen molar-refractivity contribution in [2.45, 2.75) is 52.1 Å². The third kappa shape index (κ3) is 2.89. The van der Waals surface area contributed by atoms with E-state index < -0.39 is 5.41 Å². The Hall–Kier alpha value is -2.70. The second-order valence-corrected chi connectivity index (χ2v) is 7.98. The van der Waals surface area contributed by atoms with E-state index in [4.69, 9.17) is 0 Å². The van der Waals surface area contributed by atoms with Crippen LogP contribution >= 0.6 is 0 Å². The molecule has 1 N–H and O–H groups in total. The van der Waals surface area contributed by atoms with Crippen molar-refractivity contribution >= 4 is 22.6 Å². The summed E-state index contributed by atoms with van der Waals surface area (Å²) in [4.78, 5) is 40.3. The largest absolute Gasteiger partial charge is 0.356 e. The molecule has 2 aliphatic rings. The van der Waals surface area contributed by atoms with Gasteiger partial charge in [-0.05, 0) is 45.6 Å². The number of nitrogens with zero attached hydrogens (tertiary/aromatic N) is 3. The highest BCUT2D eigenvalue weighted by Crippen LogP contribution is 2.41. The lowest BCUT2D eigenvalue weighted by molar-refractivity contribution is -0.150. The van der Waals surface area contributed by atoms with Gasteiger partial charge in [-0.2, -0.15) is 5.10 Å². The highest BCUT2D eigenvalue weighted by atomic mass is 16.2. The van der Waals surface area contributed by atoms with Gasteiger partial charge in [0, 0.05) is 24.5 Å². The molecule has 1 spiro atoms. The predicted octanol–water partition coefficient (Wildman–Crippen LogP) is 1.61. The fraction of sp³-hybridized carbons (Fsp3) is 0.524. The van der Waals surface area contributed by atoms with Gasteiger partial charge >= 0.3 is 0 Å². The monoisotopic (exact) mass is 382 g/mol. The van der Waals surface area contributed by atoms with Gasteiger partial charge in [-0.15, -0.1) is 0 Å². The van der Waals surface area contributed by atoms with Gasteiger partial charge in [-0.1, -0.05) is 18.2 Å². The maximum absolute atomic E-state index is 13.1. The normalized spacial score (nSPS) is 25.1. The molecule has 3 heterocycles. The fourth-order valence-corrected chi connectivity index (χ4v) is 4.87. The number of benzene rings is 1. The first-order valence-electron chi connectivity index (χ1n) is 9.98. The first kappa shape index (κ1) is 18.7. The lowest BCUT2D eigenvalue weighted by atomic mass is 9.68. The third-order valence-corrected chi connectivity index (χ3v) is 6.48. The van der Waals surface area contributed by atoms with E-state index in [1.54, 1.807) is 11.0 Å². The standard InChI is InChI=1S/C21H26N4O3/c1-14-16-7-3-4-8-17(16)19(27)25(23-14)13-18(26)24-12-6-10-21(15(24)2)9-5-11-22-20(21)28/h3-4,7-8,15H,5-6,9-13H2,1-2H3,(H,22,28)/t15-,21+/m1/s1. The number of carbonyl (C=O) groups is 2. The molecule has 2 saturated heterocycles. The molecule has 1 aromatic heterocycles. The van der Waals surface area contributed by atoms with Gasteiger partial charge in [0.05, 0.1) is 16.5 Å². The van der Waals surface area contributed by atoms with Gasteiger partial charge in [-0.3, -0.25) is 14.4 Å². The summed E-state index contributed by atoms with van der Waals surface area (Å²) in [6.07, 6.45) is 3.33. The van der Waals surface area contributed by atoms with Gasteiger partial charge in [0.25, 0.3) is 5.56 Å². The summed E-state index contributed by atoms with van der Waals surface area (Å²) in [6.45, 7) is 5.01. The molecule has 2 amide bonds. The van der Waals surface area contributed by atoms with Crippen LogP contribution in [0.1, 0.15) is 38.3 Å². The van der Waals surface area contributed by atoms with Crippen LogP contribution in [0.25, 0.3) is 10.8 Å². The molecule has 4 rings (SSSR count). The van der Waals surface area contributed by atoms with Crippen LogP contribution < -0.4 is 10.9 Å². The Balaban J connectivity index is 1.62. The predicted molar refractivity (Wildman–Crippen MR) is 106 cm³/mol. The number of aryl methyl sites for hydroxylation is 1. The van der Waals surface area contributed by atoms with Crippen LogP contribution in [0, 0.1) is 12.3 Å². The molecule has 1 aromatic carbocycles. The van der Waals surface area contributed by atoms with Gasteiger partial charge in [-0.25, -0.2) is 4.68 Å². The number of rotatable bonds is 2. The number of hydrogen-bond acceptors (Lipinski definition) is 4. The van der Waals surface area contributed by atoms with E-state index in [1.807, 2.05) is 32.0 Å². The van der Waals surface area contributed by atoms with E-state index in [0.717, 1.165) is 36.8 Å². The SMILES string of the molecule is Cc1nn(CC(=O)N2CCC[C@@]3(CCCNC3=O)[C@H]2C)c(=O)c2ccccc12. The number of hydrogen-bond donors (Lipinski definition) is 1. The van der Waals surface area contributed by atoms with Gasteiger partial charge in [0.1, 0.15) is 6.54 Å². The quantitative estimate of drug-likeness (QED) is 0.855. The van der Waals surface area contributed by atoms with Crippen LogP contribution in [0.15, 0.2) is 29.1 Å². The van der Waals surface area contributed by atoms with E-state index in [-0.39, 0.29) is 30.0 Å². The molecule has 2 fully saturated rings. The molecule has 2 aromatic rings. The Morgan fingerprint density at radius 3 is 2.68 bits per heavy atom. The fourth-order valence-electron chi connectivity index (χ4n) is 4.87. The minimum atomic E-state index is -0.510. The summed E-state index contributed by atoms with van der Waals surface area (Å²) in [5.41, 5.74) is -0.0497. The van der Waals surface area contributed by atoms with Crippen LogP contribution in [0.2, 0.25) is 0 Å². The van der Waals surface area contributed by atoms with Gasteiger partial charge < -0.3 is 10.2 Å². The zero-order valence-electron chi connectivity index (χ0n) is 16.4. The highest BCUT2D eigenvalue weighted by Gasteiger charge is 2.49. The highest BCUT2D eigenvalue weighted by molar-refractivity contribution is 5.86. The number of carbonyl (C=O) groups excluding carboxylic acids is 2. The van der Waals surface area contributed by atoms with E-state index in [0.29, 0.717) is 18.5 Å². The van der Waals surface area contributed by atoms with E-state index in [9.17, 15) is 14.4 Å². The number of piperidine rings is 2. The van der Waals surface area contributed by atoms with Crippen LogP contribution in [0.4, 0.5) is 0 Å². The van der Waals surface area contributed by atoms with E-state index >= 15 is 0 Å². The van der Waals surface area contributed by atoms with Crippen molar-refractivity contribution in [3.63, 3.8) is 0 Å². The van der Waals surface area contributed by atoms with Crippen molar-refractivity contribution in [2.75, 3.05) is 13.1 Å². The van der Waals surface area contributed by atoms with E-state index in [1.165, 1.54) is 4.68 Å². The molecule has 2 atom stereocenters. The maximum atomic E-state index is 13.1. The van der Waals surface area contributed by atoms with Crippen LogP contribution in [-0.4, -0.2) is 45.6 Å². The van der Waals surface area contributed by atoms with Crippen LogP contribution in [0.5, 0.6) is 0 Å². The number of likely N-dealkylation sites (tertiary alicyclic amines) is 1. The Labute approximate surface area is 163 Å². The number of amides is 2. The molecule has 7 heteroatoms. The average molecular weight is 382 g/mol. The summed E-state index contributed by atoms with van der Waals surface area (Å²) in [5, 5.41) is 8.70. The molecule has 0 radical (unpaired) electrons. The van der Waals surface area contributed by atoms with Crippen molar-refractivity contribution in [1.82, 2.24) is 20.0 Å². The summed E-state index contributed by atoms with van der Waals surface area (Å²) < 4.78 is 1.26. The first-order valence-corrected chi connectivity index (χ1v) is 9.98. The average Bonchev–Trinajstić information content (AvgIpc) is 2.70. The van der Waals surface area contributed by atoms with Crippen molar-refractivity contribution in [1.29, 1.82) is 0 Å². The molecular weight excluding hydrogens is 356 g/mol. The van der Waals surface area contributed by atoms with Crippen molar-refractivity contribution in [3.05, 3.63) is 40.3 Å². The summed E-state index contributed by atoms with van der Waals surface area (Å²) in [6, 6.07) is 7.12. The molecule has 0 saturated carbocycles. The Bertz CT molecular complexity index is 995. The van der Waals surface area contributed by atoms with Crippen molar-refractivity contribution in [2.24, 2.45) is 5.41 Å². The molecule has 0 unspecified atom stereocenters. The topological polar surface area (TPSA) is 84.3 Å². The Kier molecular flexibility index (Phi) is 4.69. The van der Waals surface area contributed by atoms with Crippen molar-refractivity contribution in [3.8, 4) is 0 Å². The Morgan fingerprint density at radius 1 is 1.21 bits per heavy atom. The minimum Gasteiger partial charge on any atom is -0.356 e. The Morgan fingerprint density at radius 2 is 1.93 bits per heavy atom. The number of fused-ring (bicyclic) bond motifs is 1. The van der Waals surface area contributed by atoms with E-state index in [2.05, 4.69) is 10.4 Å². The number of aromatic nitrogens is 2. The number of nitrogens with one attached hydrogen (secondary N) is 1. The molecule has 28 heavy (non-hydrogen) atoms. The smallest absolute Gasteiger partial charge is 0.275 e. The molecule has 7 nitrogen and oxygen atoms in total. The van der Waals surface area contributed by atoms with Gasteiger partial charge in [0.15, 0.2) is 0 Å². The zero-order chi connectivity index (χ0) is 19.9. The summed E-state index contributed by atoms with van der Waals surface area (Å²) in [5.74, 6) is -0.102. The molecular formula is C21H26N4O3. The maximum Gasteiger partial charge on any atom is 0.275 e. The lowest BCUT2D eigenvalue weighted by Crippen LogP contribution is -2.61. The van der Waals surface area contributed by atoms with Gasteiger partial charge in [0.2, 0.25) is 11.8 Å². The third-order valence-electron chi connectivity index (χ3n) is 6.48. The molecule has 0 aliphatic carbocycles. The summed E-state index contributed by atoms with van der Waals surface area (Å²) >= 11 is 0. The first-order chi connectivity index (χ1) is 13.4. The van der Waals surface area contributed by atoms with Crippen LogP contribution in [-0.2, 0) is 16.1 Å². The molecule has 0 bridgehead atoms. The molecule has 2 aliphatic heterocycles. The zero-order valence-corrected chi connectivity index (χ0v) is 16.4. The minimum absolute atomic E-state index is 0.0561. The summed E-state index contributed by atoms with van der Waals surface area (Å²) in [7, 11) is 0. The molecule has 148 valence electrons. The van der Waals surface area contributed by atoms with Crippen molar-refractivity contribution < 1.29 is 9.59 Å². The second-order valence-electron chi connectivity index (χ2n) is 7.98. The second kappa shape index (κ2) is 7.04. The lowest BCUT2D eigenvalue weighted by Gasteiger charge is -2.49.